The number of carboxylic acid groups (broad SMARTS) is 1. The first-order valence-electron chi connectivity index (χ1n) is 13.0. The van der Waals surface area contributed by atoms with Gasteiger partial charge in [0.1, 0.15) is 21.2 Å². The van der Waals surface area contributed by atoms with Gasteiger partial charge in [-0.05, 0) is 74.6 Å². The van der Waals surface area contributed by atoms with Gasteiger partial charge < -0.3 is 25.8 Å². The number of benzene rings is 2. The van der Waals surface area contributed by atoms with Crippen molar-refractivity contribution in [2.75, 3.05) is 10.2 Å². The van der Waals surface area contributed by atoms with Crippen LogP contribution in [0.3, 0.4) is 0 Å². The molecule has 40 heavy (non-hydrogen) atoms. The van der Waals surface area contributed by atoms with E-state index in [1.165, 1.54) is 11.3 Å². The number of ether oxygens (including phenoxy) is 1. The molecule has 0 bridgehead atoms. The molecular formula is C29H27N5O5S. The summed E-state index contributed by atoms with van der Waals surface area (Å²) >= 11 is 1.24. The third-order valence-electron chi connectivity index (χ3n) is 7.23. The highest BCUT2D eigenvalue weighted by Crippen LogP contribution is 2.46. The van der Waals surface area contributed by atoms with Gasteiger partial charge in [-0.15, -0.1) is 11.3 Å². The summed E-state index contributed by atoms with van der Waals surface area (Å²) < 4.78 is 5.96. The van der Waals surface area contributed by atoms with Gasteiger partial charge in [0.15, 0.2) is 0 Å². The van der Waals surface area contributed by atoms with Crippen molar-refractivity contribution in [3.63, 3.8) is 0 Å². The molecule has 0 spiro atoms. The Labute approximate surface area is 234 Å². The Morgan fingerprint density at radius 2 is 1.73 bits per heavy atom. The van der Waals surface area contributed by atoms with Gasteiger partial charge in [-0.2, -0.15) is 0 Å². The fourth-order valence-electron chi connectivity index (χ4n) is 5.36. The van der Waals surface area contributed by atoms with Gasteiger partial charge in [-0.3, -0.25) is 9.69 Å². The first kappa shape index (κ1) is 25.6. The monoisotopic (exact) mass is 557 g/mol. The first-order chi connectivity index (χ1) is 19.4. The second-order valence-electron chi connectivity index (χ2n) is 9.92. The number of amides is 4. The number of pyridine rings is 1. The van der Waals surface area contributed by atoms with E-state index in [1.807, 2.05) is 55.5 Å². The Hall–Kier alpha value is -4.64. The maximum absolute atomic E-state index is 13.5. The van der Waals surface area contributed by atoms with E-state index in [0.717, 1.165) is 16.7 Å². The van der Waals surface area contributed by atoms with Crippen LogP contribution in [0.4, 0.5) is 26.7 Å². The second-order valence-corrected chi connectivity index (χ2v) is 10.9. The molecule has 2 aromatic carbocycles. The average Bonchev–Trinajstić information content (AvgIpc) is 3.30. The van der Waals surface area contributed by atoms with Crippen LogP contribution in [0.15, 0.2) is 60.8 Å². The lowest BCUT2D eigenvalue weighted by Gasteiger charge is -2.30. The number of aryl methyl sites for hydroxylation is 1. The molecule has 1 aliphatic carbocycles. The molecule has 11 heteroatoms. The van der Waals surface area contributed by atoms with Crippen LogP contribution in [0.2, 0.25) is 0 Å². The molecule has 0 saturated heterocycles. The lowest BCUT2D eigenvalue weighted by molar-refractivity contribution is 0.0928. The number of hydrogen-bond acceptors (Lipinski definition) is 6. The molecule has 1 fully saturated rings. The Morgan fingerprint density at radius 1 is 1.00 bits per heavy atom. The fourth-order valence-corrected chi connectivity index (χ4v) is 6.38. The number of nitrogens with one attached hydrogen (secondary N) is 3. The van der Waals surface area contributed by atoms with E-state index in [0.29, 0.717) is 58.2 Å². The number of para-hydroxylation sites is 1. The van der Waals surface area contributed by atoms with Crippen molar-refractivity contribution in [1.29, 1.82) is 0 Å². The molecule has 0 radical (unpaired) electrons. The quantitative estimate of drug-likeness (QED) is 0.217. The van der Waals surface area contributed by atoms with Crippen molar-refractivity contribution in [3.8, 4) is 11.5 Å². The summed E-state index contributed by atoms with van der Waals surface area (Å²) in [6.45, 7) is 1.92. The van der Waals surface area contributed by atoms with Gasteiger partial charge in [-0.25, -0.2) is 14.6 Å². The van der Waals surface area contributed by atoms with E-state index in [4.69, 9.17) is 9.84 Å². The number of hydrogen-bond donors (Lipinski definition) is 4. The van der Waals surface area contributed by atoms with E-state index in [1.54, 1.807) is 17.2 Å². The number of anilines is 3. The summed E-state index contributed by atoms with van der Waals surface area (Å²) in [6.07, 6.45) is 3.26. The number of carbonyl (C=O) groups is 3. The Balaban J connectivity index is 1.25. The minimum absolute atomic E-state index is 0.0701. The normalized spacial score (nSPS) is 18.2. The molecule has 1 aliphatic heterocycles. The minimum Gasteiger partial charge on any atom is -0.465 e. The smallest absolute Gasteiger partial charge is 0.404 e. The van der Waals surface area contributed by atoms with Gasteiger partial charge in [0.2, 0.25) is 0 Å². The van der Waals surface area contributed by atoms with Crippen LogP contribution in [0.25, 0.3) is 10.2 Å². The third kappa shape index (κ3) is 4.91. The van der Waals surface area contributed by atoms with Gasteiger partial charge in [0, 0.05) is 18.3 Å². The number of aromatic nitrogens is 1. The number of carbonyl (C=O) groups excluding carboxylic acids is 2. The molecule has 2 aromatic heterocycles. The van der Waals surface area contributed by atoms with Crippen molar-refractivity contribution in [2.45, 2.75) is 44.7 Å². The average molecular weight is 558 g/mol. The highest BCUT2D eigenvalue weighted by atomic mass is 32.1. The summed E-state index contributed by atoms with van der Waals surface area (Å²) in [5.74, 6) is 1.11. The molecule has 4 aromatic rings. The number of rotatable bonds is 6. The largest absolute Gasteiger partial charge is 0.465 e. The van der Waals surface area contributed by atoms with Crippen molar-refractivity contribution >= 4 is 56.6 Å². The summed E-state index contributed by atoms with van der Waals surface area (Å²) in [5.41, 5.74) is 2.65. The van der Waals surface area contributed by atoms with Gasteiger partial charge >= 0.3 is 12.1 Å². The van der Waals surface area contributed by atoms with Crippen LogP contribution < -0.4 is 25.6 Å². The van der Waals surface area contributed by atoms with Crippen LogP contribution in [0, 0.1) is 6.92 Å². The zero-order valence-corrected chi connectivity index (χ0v) is 22.5. The summed E-state index contributed by atoms with van der Waals surface area (Å²) in [7, 11) is 0. The lowest BCUT2D eigenvalue weighted by Crippen LogP contribution is -2.43. The molecule has 0 unspecified atom stereocenters. The first-order valence-corrected chi connectivity index (χ1v) is 13.9. The van der Waals surface area contributed by atoms with Gasteiger partial charge in [0.05, 0.1) is 22.4 Å². The van der Waals surface area contributed by atoms with E-state index < -0.39 is 6.09 Å². The summed E-state index contributed by atoms with van der Waals surface area (Å²) in [6, 6.07) is 16.3. The highest BCUT2D eigenvalue weighted by Gasteiger charge is 2.34. The van der Waals surface area contributed by atoms with E-state index >= 15 is 0 Å². The van der Waals surface area contributed by atoms with Gasteiger partial charge in [0.25, 0.3) is 5.91 Å². The number of urea groups is 1. The van der Waals surface area contributed by atoms with Crippen molar-refractivity contribution in [1.82, 2.24) is 15.6 Å². The molecule has 0 atom stereocenters. The summed E-state index contributed by atoms with van der Waals surface area (Å²) in [5, 5.41) is 18.2. The Bertz CT molecular complexity index is 1610. The van der Waals surface area contributed by atoms with Crippen LogP contribution in [-0.4, -0.2) is 40.2 Å². The SMILES string of the molecule is Cc1cc(Oc2ccccc2)ccc1N1C(=O)Nc2c(C(=O)N[C@H]3CC[C@H](NC(=O)O)CC3)sc3nccc1c23. The molecule has 4 amide bonds. The Kier molecular flexibility index (Phi) is 6.72. The molecule has 1 saturated carbocycles. The third-order valence-corrected chi connectivity index (χ3v) is 8.33. The second kappa shape index (κ2) is 10.5. The molecule has 204 valence electrons. The van der Waals surface area contributed by atoms with Crippen LogP contribution in [0.1, 0.15) is 40.9 Å². The standard InChI is InChI=1S/C29H27N5O5S/c1-16-15-20(39-19-5-3-2-4-6-19)11-12-21(16)34-22-13-14-30-27-23(22)24(33-28(34)36)25(40-27)26(35)31-17-7-9-18(10-8-17)32-29(37)38/h2-6,11-15,17-18,32H,7-10H2,1H3,(H,31,35)(H,33,36)(H,37,38)/t17-,18-. The fraction of sp³-hybridized carbons (Fsp3) is 0.241. The predicted molar refractivity (Wildman–Crippen MR) is 153 cm³/mol. The molecule has 3 heterocycles. The zero-order chi connectivity index (χ0) is 27.8. The van der Waals surface area contributed by atoms with E-state index in [-0.39, 0.29) is 24.0 Å². The molecule has 4 N–H and O–H groups in total. The lowest BCUT2D eigenvalue weighted by atomic mass is 9.91. The molecular weight excluding hydrogens is 530 g/mol. The molecule has 6 rings (SSSR count). The maximum Gasteiger partial charge on any atom is 0.404 e. The predicted octanol–water partition coefficient (Wildman–Crippen LogP) is 6.39. The summed E-state index contributed by atoms with van der Waals surface area (Å²) in [4.78, 5) is 44.9. The van der Waals surface area contributed by atoms with Crippen molar-refractivity contribution in [2.24, 2.45) is 0 Å². The van der Waals surface area contributed by atoms with Crippen molar-refractivity contribution < 1.29 is 24.2 Å². The maximum atomic E-state index is 13.5. The van der Waals surface area contributed by atoms with Gasteiger partial charge in [-0.1, -0.05) is 18.2 Å². The van der Waals surface area contributed by atoms with Crippen LogP contribution in [0.5, 0.6) is 11.5 Å². The molecule has 10 nitrogen and oxygen atoms in total. The van der Waals surface area contributed by atoms with Crippen molar-refractivity contribution in [3.05, 3.63) is 71.2 Å². The number of thiophene rings is 1. The van der Waals surface area contributed by atoms with E-state index in [9.17, 15) is 14.4 Å². The topological polar surface area (TPSA) is 133 Å². The van der Waals surface area contributed by atoms with E-state index in [2.05, 4.69) is 20.9 Å². The molecule has 2 aliphatic rings. The zero-order valence-electron chi connectivity index (χ0n) is 21.6. The highest BCUT2D eigenvalue weighted by molar-refractivity contribution is 7.21. The minimum atomic E-state index is -1.03. The van der Waals surface area contributed by atoms with Crippen LogP contribution in [-0.2, 0) is 0 Å². The number of nitrogens with zero attached hydrogens (tertiary/aromatic N) is 2. The van der Waals surface area contributed by atoms with Crippen LogP contribution >= 0.6 is 11.3 Å². The Morgan fingerprint density at radius 3 is 2.42 bits per heavy atom.